The molecule has 0 aliphatic carbocycles. The van der Waals surface area contributed by atoms with Gasteiger partial charge in [-0.15, -0.1) is 11.3 Å². The van der Waals surface area contributed by atoms with Crippen LogP contribution in [-0.4, -0.2) is 16.5 Å². The second-order valence-electron chi connectivity index (χ2n) is 7.07. The van der Waals surface area contributed by atoms with Gasteiger partial charge in [0.05, 0.1) is 5.39 Å². The number of nitrogens with one attached hydrogen (secondary N) is 1. The fourth-order valence-electron chi connectivity index (χ4n) is 3.38. The van der Waals surface area contributed by atoms with Crippen LogP contribution in [0.3, 0.4) is 0 Å². The van der Waals surface area contributed by atoms with Crippen LogP contribution in [0.15, 0.2) is 66.7 Å². The number of hydrogen-bond acceptors (Lipinski definition) is 4. The van der Waals surface area contributed by atoms with Crippen molar-refractivity contribution in [3.63, 3.8) is 0 Å². The molecule has 2 aromatic heterocycles. The lowest BCUT2D eigenvalue weighted by molar-refractivity contribution is 0.845. The molecule has 1 N–H and O–H groups in total. The first kappa shape index (κ1) is 18.6. The van der Waals surface area contributed by atoms with Crippen LogP contribution in [0, 0.1) is 6.92 Å². The summed E-state index contributed by atoms with van der Waals surface area (Å²) >= 11 is 1.75. The number of thiophene rings is 1. The van der Waals surface area contributed by atoms with E-state index in [4.69, 9.17) is 9.97 Å². The maximum atomic E-state index is 4.86. The van der Waals surface area contributed by atoms with Crippen LogP contribution in [0.5, 0.6) is 0 Å². The quantitative estimate of drug-likeness (QED) is 0.387. The minimum atomic E-state index is 0.857. The highest BCUT2D eigenvalue weighted by molar-refractivity contribution is 7.18. The fraction of sp³-hybridized carbons (Fsp3) is 0.250. The molecule has 0 radical (unpaired) electrons. The van der Waals surface area contributed by atoms with Crippen LogP contribution in [0.4, 0.5) is 5.82 Å². The molecule has 4 heteroatoms. The molecule has 4 rings (SSSR count). The molecule has 2 aromatic carbocycles. The number of fused-ring (bicyclic) bond motifs is 1. The average Bonchev–Trinajstić information content (AvgIpc) is 3.11. The zero-order chi connectivity index (χ0) is 19.2. The summed E-state index contributed by atoms with van der Waals surface area (Å²) in [5.74, 6) is 1.90. The fourth-order valence-corrected chi connectivity index (χ4v) is 4.28. The Morgan fingerprint density at radius 2 is 1.50 bits per heavy atom. The summed E-state index contributed by atoms with van der Waals surface area (Å²) in [5.41, 5.74) is 2.71. The number of aryl methyl sites for hydroxylation is 4. The summed E-state index contributed by atoms with van der Waals surface area (Å²) in [6.45, 7) is 3.04. The lowest BCUT2D eigenvalue weighted by atomic mass is 10.1. The lowest BCUT2D eigenvalue weighted by Gasteiger charge is -2.09. The van der Waals surface area contributed by atoms with E-state index in [-0.39, 0.29) is 0 Å². The average molecular weight is 388 g/mol. The predicted molar refractivity (Wildman–Crippen MR) is 119 cm³/mol. The van der Waals surface area contributed by atoms with E-state index in [2.05, 4.69) is 79.0 Å². The molecule has 0 unspecified atom stereocenters. The van der Waals surface area contributed by atoms with Crippen molar-refractivity contribution in [3.8, 4) is 0 Å². The van der Waals surface area contributed by atoms with E-state index in [9.17, 15) is 0 Å². The third-order valence-corrected chi connectivity index (χ3v) is 5.76. The summed E-state index contributed by atoms with van der Waals surface area (Å²) in [4.78, 5) is 12.0. The third-order valence-electron chi connectivity index (χ3n) is 4.82. The number of rotatable bonds is 8. The molecule has 0 aliphatic heterocycles. The summed E-state index contributed by atoms with van der Waals surface area (Å²) in [5, 5.41) is 4.71. The van der Waals surface area contributed by atoms with Gasteiger partial charge in [0.2, 0.25) is 0 Å². The molecule has 0 fully saturated rings. The van der Waals surface area contributed by atoms with Crippen LogP contribution in [0.2, 0.25) is 0 Å². The first-order valence-corrected chi connectivity index (χ1v) is 10.7. The van der Waals surface area contributed by atoms with Crippen molar-refractivity contribution in [1.29, 1.82) is 0 Å². The van der Waals surface area contributed by atoms with Crippen molar-refractivity contribution >= 4 is 27.4 Å². The van der Waals surface area contributed by atoms with E-state index in [1.54, 1.807) is 11.3 Å². The smallest absolute Gasteiger partial charge is 0.138 e. The largest absolute Gasteiger partial charge is 0.369 e. The SMILES string of the molecule is Cc1cc2c(NCCCc3ccccc3)nc(CCc3ccccc3)nc2s1. The summed E-state index contributed by atoms with van der Waals surface area (Å²) < 4.78 is 0. The van der Waals surface area contributed by atoms with Gasteiger partial charge in [-0.25, -0.2) is 9.97 Å². The molecule has 4 aromatic rings. The first-order chi connectivity index (χ1) is 13.8. The second kappa shape index (κ2) is 8.98. The standard InChI is InChI=1S/C24H25N3S/c1-18-17-21-23(25-16-8-13-19-9-4-2-5-10-19)26-22(27-24(21)28-18)15-14-20-11-6-3-7-12-20/h2-7,9-12,17H,8,13-16H2,1H3,(H,25,26,27). The molecule has 0 bridgehead atoms. The zero-order valence-corrected chi connectivity index (χ0v) is 17.0. The highest BCUT2D eigenvalue weighted by atomic mass is 32.1. The minimum absolute atomic E-state index is 0.857. The molecule has 0 spiro atoms. The monoisotopic (exact) mass is 387 g/mol. The van der Waals surface area contributed by atoms with Crippen LogP contribution in [0.25, 0.3) is 10.2 Å². The Morgan fingerprint density at radius 3 is 2.21 bits per heavy atom. The zero-order valence-electron chi connectivity index (χ0n) is 16.2. The van der Waals surface area contributed by atoms with E-state index in [0.29, 0.717) is 0 Å². The Labute approximate surface area is 170 Å². The van der Waals surface area contributed by atoms with Crippen LogP contribution < -0.4 is 5.32 Å². The molecule has 0 saturated heterocycles. The molecule has 0 aliphatic rings. The molecule has 2 heterocycles. The van der Waals surface area contributed by atoms with Gasteiger partial charge in [0.1, 0.15) is 16.5 Å². The van der Waals surface area contributed by atoms with Crippen LogP contribution >= 0.6 is 11.3 Å². The van der Waals surface area contributed by atoms with Crippen LogP contribution in [0.1, 0.15) is 28.2 Å². The first-order valence-electron chi connectivity index (χ1n) is 9.87. The molecule has 0 amide bonds. The lowest BCUT2D eigenvalue weighted by Crippen LogP contribution is -2.08. The summed E-state index contributed by atoms with van der Waals surface area (Å²) in [6, 6.07) is 23.4. The summed E-state index contributed by atoms with van der Waals surface area (Å²) in [7, 11) is 0. The molecule has 28 heavy (non-hydrogen) atoms. The Balaban J connectivity index is 1.44. The van der Waals surface area contributed by atoms with Gasteiger partial charge in [0.25, 0.3) is 0 Å². The maximum Gasteiger partial charge on any atom is 0.138 e. The van der Waals surface area contributed by atoms with E-state index >= 15 is 0 Å². The molecule has 142 valence electrons. The minimum Gasteiger partial charge on any atom is -0.369 e. The van der Waals surface area contributed by atoms with Gasteiger partial charge in [-0.05, 0) is 43.4 Å². The van der Waals surface area contributed by atoms with E-state index < -0.39 is 0 Å². The Kier molecular flexibility index (Phi) is 5.98. The van der Waals surface area contributed by atoms with Crippen molar-refractivity contribution in [1.82, 2.24) is 9.97 Å². The normalized spacial score (nSPS) is 11.0. The number of benzene rings is 2. The highest BCUT2D eigenvalue weighted by Crippen LogP contribution is 2.28. The van der Waals surface area contributed by atoms with Crippen molar-refractivity contribution in [2.24, 2.45) is 0 Å². The topological polar surface area (TPSA) is 37.8 Å². The van der Waals surface area contributed by atoms with Gasteiger partial charge in [-0.2, -0.15) is 0 Å². The molecule has 0 saturated carbocycles. The third kappa shape index (κ3) is 4.76. The van der Waals surface area contributed by atoms with E-state index in [1.165, 1.54) is 16.0 Å². The Hall–Kier alpha value is -2.72. The van der Waals surface area contributed by atoms with E-state index in [0.717, 1.165) is 54.1 Å². The number of aromatic nitrogens is 2. The number of hydrogen-bond donors (Lipinski definition) is 1. The molecule has 0 atom stereocenters. The maximum absolute atomic E-state index is 4.86. The Morgan fingerprint density at radius 1 is 0.821 bits per heavy atom. The molecular formula is C24H25N3S. The summed E-state index contributed by atoms with van der Waals surface area (Å²) in [6.07, 6.45) is 3.98. The van der Waals surface area contributed by atoms with Crippen molar-refractivity contribution in [2.45, 2.75) is 32.6 Å². The van der Waals surface area contributed by atoms with Crippen molar-refractivity contribution in [2.75, 3.05) is 11.9 Å². The molecule has 3 nitrogen and oxygen atoms in total. The predicted octanol–water partition coefficient (Wildman–Crippen LogP) is 5.83. The number of nitrogens with zero attached hydrogens (tertiary/aromatic N) is 2. The Bertz CT molecular complexity index is 1030. The van der Waals surface area contributed by atoms with Gasteiger partial charge in [-0.1, -0.05) is 60.7 Å². The van der Waals surface area contributed by atoms with E-state index in [1.807, 2.05) is 0 Å². The van der Waals surface area contributed by atoms with Crippen molar-refractivity contribution in [3.05, 3.63) is 88.6 Å². The van der Waals surface area contributed by atoms with Gasteiger partial charge in [0.15, 0.2) is 0 Å². The van der Waals surface area contributed by atoms with Gasteiger partial charge in [-0.3, -0.25) is 0 Å². The molecular weight excluding hydrogens is 362 g/mol. The highest BCUT2D eigenvalue weighted by Gasteiger charge is 2.10. The number of anilines is 1. The van der Waals surface area contributed by atoms with Gasteiger partial charge in [0, 0.05) is 17.8 Å². The van der Waals surface area contributed by atoms with Crippen molar-refractivity contribution < 1.29 is 0 Å². The second-order valence-corrected chi connectivity index (χ2v) is 8.30. The van der Waals surface area contributed by atoms with Gasteiger partial charge < -0.3 is 5.32 Å². The van der Waals surface area contributed by atoms with Crippen LogP contribution in [-0.2, 0) is 19.3 Å². The van der Waals surface area contributed by atoms with Gasteiger partial charge >= 0.3 is 0 Å².